The van der Waals surface area contributed by atoms with Crippen molar-refractivity contribution >= 4 is 22.6 Å². The number of hydrogen-bond acceptors (Lipinski definition) is 4. The number of nitro benzene ring substituents is 1. The van der Waals surface area contributed by atoms with E-state index in [4.69, 9.17) is 0 Å². The Hall–Kier alpha value is -3.22. The summed E-state index contributed by atoms with van der Waals surface area (Å²) in [5, 5.41) is 13.5. The lowest BCUT2D eigenvalue weighted by molar-refractivity contribution is -0.384. The number of carbonyl (C=O) groups excluding carboxylic acids is 1. The minimum atomic E-state index is -0.453. The van der Waals surface area contributed by atoms with Crippen LogP contribution in [0.5, 0.6) is 0 Å². The van der Waals surface area contributed by atoms with Crippen LogP contribution in [0.2, 0.25) is 0 Å². The van der Waals surface area contributed by atoms with E-state index >= 15 is 0 Å². The Morgan fingerprint density at radius 3 is 2.65 bits per heavy atom. The third-order valence-electron chi connectivity index (χ3n) is 4.24. The molecule has 1 amide bonds. The molecule has 1 heterocycles. The first-order valence-electron chi connectivity index (χ1n) is 8.46. The summed E-state index contributed by atoms with van der Waals surface area (Å²) in [5.74, 6) is 0.870. The van der Waals surface area contributed by atoms with Crippen LogP contribution in [0.15, 0.2) is 48.5 Å². The molecule has 2 aromatic carbocycles. The van der Waals surface area contributed by atoms with E-state index in [1.165, 1.54) is 12.1 Å². The topological polar surface area (TPSA) is 90.1 Å². The number of nitrogens with one attached hydrogen (secondary N) is 1. The Morgan fingerprint density at radius 1 is 1.19 bits per heavy atom. The highest BCUT2D eigenvalue weighted by Gasteiger charge is 2.08. The lowest BCUT2D eigenvalue weighted by atomic mass is 10.1. The molecule has 0 bridgehead atoms. The van der Waals surface area contributed by atoms with E-state index in [1.807, 2.05) is 31.2 Å². The fourth-order valence-electron chi connectivity index (χ4n) is 2.93. The van der Waals surface area contributed by atoms with Crippen LogP contribution in [0.4, 0.5) is 5.69 Å². The average Bonchev–Trinajstić information content (AvgIpc) is 2.94. The molecule has 1 aromatic heterocycles. The molecule has 1 N–H and O–H groups in total. The molecule has 3 aromatic rings. The van der Waals surface area contributed by atoms with E-state index in [0.717, 1.165) is 35.4 Å². The maximum Gasteiger partial charge on any atom is 0.269 e. The lowest BCUT2D eigenvalue weighted by Crippen LogP contribution is -2.26. The smallest absolute Gasteiger partial charge is 0.269 e. The molecule has 0 aliphatic heterocycles. The summed E-state index contributed by atoms with van der Waals surface area (Å²) >= 11 is 0. The summed E-state index contributed by atoms with van der Waals surface area (Å²) in [5.41, 5.74) is 2.86. The van der Waals surface area contributed by atoms with Gasteiger partial charge in [0.25, 0.3) is 5.69 Å². The molecule has 3 rings (SSSR count). The Kier molecular flexibility index (Phi) is 5.26. The SMILES string of the molecule is Cc1nc2ccccc2n1CCCNC(=O)Cc1ccc([N+](=O)[O-])cc1. The third-order valence-corrected chi connectivity index (χ3v) is 4.24. The molecule has 0 aliphatic rings. The van der Waals surface area contributed by atoms with Crippen LogP contribution >= 0.6 is 0 Å². The minimum Gasteiger partial charge on any atom is -0.356 e. The summed E-state index contributed by atoms with van der Waals surface area (Å²) in [4.78, 5) is 26.7. The summed E-state index contributed by atoms with van der Waals surface area (Å²) in [6.07, 6.45) is 1.01. The highest BCUT2D eigenvalue weighted by molar-refractivity contribution is 5.78. The van der Waals surface area contributed by atoms with Gasteiger partial charge in [0.1, 0.15) is 5.82 Å². The highest BCUT2D eigenvalue weighted by Crippen LogP contribution is 2.15. The zero-order chi connectivity index (χ0) is 18.5. The van der Waals surface area contributed by atoms with Gasteiger partial charge in [-0.3, -0.25) is 14.9 Å². The minimum absolute atomic E-state index is 0.0251. The first-order chi connectivity index (χ1) is 12.5. The van der Waals surface area contributed by atoms with Gasteiger partial charge in [-0.1, -0.05) is 24.3 Å². The van der Waals surface area contributed by atoms with Gasteiger partial charge in [-0.15, -0.1) is 0 Å². The fourth-order valence-corrected chi connectivity index (χ4v) is 2.93. The van der Waals surface area contributed by atoms with Crippen molar-refractivity contribution in [2.24, 2.45) is 0 Å². The fraction of sp³-hybridized carbons (Fsp3) is 0.263. The number of nitro groups is 1. The number of fused-ring (bicyclic) bond motifs is 1. The molecule has 0 radical (unpaired) electrons. The number of non-ortho nitro benzene ring substituents is 1. The number of benzene rings is 2. The molecule has 0 saturated heterocycles. The molecule has 0 unspecified atom stereocenters. The van der Waals surface area contributed by atoms with Gasteiger partial charge in [0.05, 0.1) is 22.4 Å². The first kappa shape index (κ1) is 17.6. The number of amides is 1. The van der Waals surface area contributed by atoms with Crippen LogP contribution in [0, 0.1) is 17.0 Å². The zero-order valence-corrected chi connectivity index (χ0v) is 14.5. The lowest BCUT2D eigenvalue weighted by Gasteiger charge is -2.08. The Bertz CT molecular complexity index is 932. The van der Waals surface area contributed by atoms with E-state index in [1.54, 1.807) is 12.1 Å². The number of imidazole rings is 1. The van der Waals surface area contributed by atoms with Gasteiger partial charge in [-0.25, -0.2) is 4.98 Å². The Morgan fingerprint density at radius 2 is 1.92 bits per heavy atom. The maximum absolute atomic E-state index is 12.0. The van der Waals surface area contributed by atoms with Crippen LogP contribution in [-0.2, 0) is 17.8 Å². The van der Waals surface area contributed by atoms with Gasteiger partial charge in [0.15, 0.2) is 0 Å². The highest BCUT2D eigenvalue weighted by atomic mass is 16.6. The molecule has 0 atom stereocenters. The molecule has 7 heteroatoms. The van der Waals surface area contributed by atoms with Crippen LogP contribution in [0.1, 0.15) is 17.8 Å². The second-order valence-corrected chi connectivity index (χ2v) is 6.10. The molecule has 26 heavy (non-hydrogen) atoms. The maximum atomic E-state index is 12.0. The summed E-state index contributed by atoms with van der Waals surface area (Å²) in [7, 11) is 0. The quantitative estimate of drug-likeness (QED) is 0.402. The van der Waals surface area contributed by atoms with Crippen LogP contribution < -0.4 is 5.32 Å². The average molecular weight is 352 g/mol. The molecule has 0 fully saturated rings. The van der Waals surface area contributed by atoms with Gasteiger partial charge in [-0.2, -0.15) is 0 Å². The Balaban J connectivity index is 1.48. The molecule has 134 valence electrons. The monoisotopic (exact) mass is 352 g/mol. The molecular weight excluding hydrogens is 332 g/mol. The van der Waals surface area contributed by atoms with Gasteiger partial charge in [0.2, 0.25) is 5.91 Å². The summed E-state index contributed by atoms with van der Waals surface area (Å²) in [6.45, 7) is 3.33. The molecule has 0 saturated carbocycles. The van der Waals surface area contributed by atoms with Crippen molar-refractivity contribution in [1.29, 1.82) is 0 Å². The van der Waals surface area contributed by atoms with Crippen LogP contribution in [0.25, 0.3) is 11.0 Å². The van der Waals surface area contributed by atoms with Crippen LogP contribution in [-0.4, -0.2) is 26.9 Å². The first-order valence-corrected chi connectivity index (χ1v) is 8.46. The number of para-hydroxylation sites is 2. The zero-order valence-electron chi connectivity index (χ0n) is 14.5. The number of carbonyl (C=O) groups is 1. The number of aromatic nitrogens is 2. The number of hydrogen-bond donors (Lipinski definition) is 1. The number of rotatable bonds is 7. The molecule has 0 aliphatic carbocycles. The van der Waals surface area contributed by atoms with E-state index in [9.17, 15) is 14.9 Å². The molecule has 0 spiro atoms. The Labute approximate surface area is 150 Å². The van der Waals surface area contributed by atoms with Crippen molar-refractivity contribution in [1.82, 2.24) is 14.9 Å². The number of nitrogens with zero attached hydrogens (tertiary/aromatic N) is 3. The summed E-state index contributed by atoms with van der Waals surface area (Å²) < 4.78 is 2.15. The largest absolute Gasteiger partial charge is 0.356 e. The van der Waals surface area contributed by atoms with Gasteiger partial charge in [0, 0.05) is 25.2 Å². The van der Waals surface area contributed by atoms with E-state index in [0.29, 0.717) is 6.54 Å². The predicted octanol–water partition coefficient (Wildman–Crippen LogP) is 3.00. The van der Waals surface area contributed by atoms with Gasteiger partial charge < -0.3 is 9.88 Å². The van der Waals surface area contributed by atoms with Crippen molar-refractivity contribution in [2.75, 3.05) is 6.54 Å². The molecule has 7 nitrogen and oxygen atoms in total. The van der Waals surface area contributed by atoms with E-state index in [2.05, 4.69) is 14.9 Å². The van der Waals surface area contributed by atoms with Gasteiger partial charge in [-0.05, 0) is 31.0 Å². The van der Waals surface area contributed by atoms with Crippen molar-refractivity contribution in [3.63, 3.8) is 0 Å². The van der Waals surface area contributed by atoms with Crippen molar-refractivity contribution < 1.29 is 9.72 Å². The van der Waals surface area contributed by atoms with Crippen molar-refractivity contribution in [3.8, 4) is 0 Å². The summed E-state index contributed by atoms with van der Waals surface area (Å²) in [6, 6.07) is 14.0. The standard InChI is InChI=1S/C19H20N4O3/c1-14-21-17-5-2-3-6-18(17)22(14)12-4-11-20-19(24)13-15-7-9-16(10-8-15)23(25)26/h2-3,5-10H,4,11-13H2,1H3,(H,20,24). The predicted molar refractivity (Wildman–Crippen MR) is 98.9 cm³/mol. The van der Waals surface area contributed by atoms with Gasteiger partial charge >= 0.3 is 0 Å². The third kappa shape index (κ3) is 4.05. The van der Waals surface area contributed by atoms with Crippen molar-refractivity contribution in [2.45, 2.75) is 26.3 Å². The second kappa shape index (κ2) is 7.77. The second-order valence-electron chi connectivity index (χ2n) is 6.10. The van der Waals surface area contributed by atoms with E-state index in [-0.39, 0.29) is 18.0 Å². The number of aryl methyl sites for hydroxylation is 2. The normalized spacial score (nSPS) is 10.8. The van der Waals surface area contributed by atoms with E-state index < -0.39 is 4.92 Å². The van der Waals surface area contributed by atoms with Crippen LogP contribution in [0.3, 0.4) is 0 Å². The van der Waals surface area contributed by atoms with Crippen molar-refractivity contribution in [3.05, 3.63) is 70.0 Å². The molecular formula is C19H20N4O3.